The van der Waals surface area contributed by atoms with Crippen LogP contribution in [0, 0.1) is 0 Å². The molecular weight excluding hydrogens is 396 g/mol. The summed E-state index contributed by atoms with van der Waals surface area (Å²) in [5.41, 5.74) is 2.88. The van der Waals surface area contributed by atoms with Crippen molar-refractivity contribution in [3.05, 3.63) is 84.2 Å². The molecular formula is C24H22N2O3S. The number of pyridine rings is 1. The van der Waals surface area contributed by atoms with E-state index in [1.54, 1.807) is 22.8 Å². The summed E-state index contributed by atoms with van der Waals surface area (Å²) in [6.45, 7) is 3.05. The minimum Gasteiger partial charge on any atom is -0.867 e. The summed E-state index contributed by atoms with van der Waals surface area (Å²) >= 11 is 5.70. The largest absolute Gasteiger partial charge is 0.867 e. The SMILES string of the molecule is CCc1ccccc1NC(=S)C(=C([O-])c1ccc2c(c1)OCCO2)[n+]1ccccc1. The van der Waals surface area contributed by atoms with Crippen LogP contribution in [0.4, 0.5) is 5.69 Å². The van der Waals surface area contributed by atoms with Gasteiger partial charge in [0.25, 0.3) is 0 Å². The number of ether oxygens (including phenoxy) is 2. The van der Waals surface area contributed by atoms with E-state index in [9.17, 15) is 5.11 Å². The zero-order chi connectivity index (χ0) is 20.9. The van der Waals surface area contributed by atoms with Crippen LogP contribution in [0.5, 0.6) is 11.5 Å². The van der Waals surface area contributed by atoms with Gasteiger partial charge in [0.05, 0.1) is 0 Å². The highest BCUT2D eigenvalue weighted by molar-refractivity contribution is 7.81. The van der Waals surface area contributed by atoms with Crippen molar-refractivity contribution in [2.24, 2.45) is 0 Å². The van der Waals surface area contributed by atoms with Crippen LogP contribution in [0.2, 0.25) is 0 Å². The van der Waals surface area contributed by atoms with E-state index in [0.29, 0.717) is 41.0 Å². The summed E-state index contributed by atoms with van der Waals surface area (Å²) in [5, 5.41) is 16.8. The van der Waals surface area contributed by atoms with E-state index in [2.05, 4.69) is 12.2 Å². The summed E-state index contributed by atoms with van der Waals surface area (Å²) in [6, 6.07) is 18.8. The maximum Gasteiger partial charge on any atom is 0.238 e. The van der Waals surface area contributed by atoms with Gasteiger partial charge in [-0.1, -0.05) is 49.5 Å². The number of nitrogens with zero attached hydrogens (tertiary/aromatic N) is 1. The lowest BCUT2D eigenvalue weighted by atomic mass is 10.1. The molecule has 5 nitrogen and oxygen atoms in total. The Hall–Kier alpha value is -3.38. The average Bonchev–Trinajstić information content (AvgIpc) is 2.80. The van der Waals surface area contributed by atoms with Crippen molar-refractivity contribution in [3.63, 3.8) is 0 Å². The molecule has 1 aliphatic rings. The van der Waals surface area contributed by atoms with Crippen LogP contribution in [0.1, 0.15) is 18.1 Å². The summed E-state index contributed by atoms with van der Waals surface area (Å²) in [6.07, 6.45) is 4.48. The van der Waals surface area contributed by atoms with Crippen LogP contribution < -0.4 is 24.5 Å². The van der Waals surface area contributed by atoms with E-state index in [1.165, 1.54) is 0 Å². The first-order valence-corrected chi connectivity index (χ1v) is 10.3. The Morgan fingerprint density at radius 3 is 2.50 bits per heavy atom. The second kappa shape index (κ2) is 8.97. The number of aromatic nitrogens is 1. The first-order chi connectivity index (χ1) is 14.7. The average molecular weight is 419 g/mol. The second-order valence-electron chi connectivity index (χ2n) is 6.78. The standard InChI is InChI=1S/C24H22N2O3S/c1-2-17-8-4-5-9-19(17)25-24(30)22(26-12-6-3-7-13-26)23(27)18-10-11-20-21(16-18)29-15-14-28-20/h3-13,16H,2,14-15H2,1H3,(H-,25,27,30). The zero-order valence-electron chi connectivity index (χ0n) is 16.6. The number of nitrogens with one attached hydrogen (secondary N) is 1. The van der Waals surface area contributed by atoms with Gasteiger partial charge in [0, 0.05) is 17.8 Å². The molecule has 3 aromatic rings. The molecule has 1 aromatic heterocycles. The Labute approximate surface area is 181 Å². The Kier molecular flexibility index (Phi) is 5.95. The molecule has 0 fully saturated rings. The normalized spacial score (nSPS) is 13.4. The van der Waals surface area contributed by atoms with Gasteiger partial charge < -0.3 is 19.9 Å². The predicted octanol–water partition coefficient (Wildman–Crippen LogP) is 3.43. The molecule has 4 rings (SSSR count). The molecule has 30 heavy (non-hydrogen) atoms. The van der Waals surface area contributed by atoms with E-state index in [1.807, 2.05) is 54.9 Å². The second-order valence-corrected chi connectivity index (χ2v) is 7.19. The van der Waals surface area contributed by atoms with Gasteiger partial charge in [0.15, 0.2) is 28.9 Å². The van der Waals surface area contributed by atoms with E-state index >= 15 is 0 Å². The van der Waals surface area contributed by atoms with Gasteiger partial charge in [0.2, 0.25) is 5.70 Å². The molecule has 0 atom stereocenters. The van der Waals surface area contributed by atoms with E-state index < -0.39 is 0 Å². The fourth-order valence-corrected chi connectivity index (χ4v) is 3.65. The molecule has 0 unspecified atom stereocenters. The lowest BCUT2D eigenvalue weighted by Crippen LogP contribution is -2.39. The molecule has 1 N–H and O–H groups in total. The number of hydrogen-bond acceptors (Lipinski definition) is 4. The molecule has 1 aliphatic heterocycles. The van der Waals surface area contributed by atoms with Gasteiger partial charge in [-0.15, -0.1) is 0 Å². The first-order valence-electron chi connectivity index (χ1n) is 9.84. The lowest BCUT2D eigenvalue weighted by molar-refractivity contribution is -0.577. The molecule has 0 amide bonds. The number of thiocarbonyl (C=S) groups is 1. The summed E-state index contributed by atoms with van der Waals surface area (Å²) in [5.74, 6) is 1.01. The van der Waals surface area contributed by atoms with Crippen LogP contribution in [0.25, 0.3) is 11.5 Å². The van der Waals surface area contributed by atoms with Gasteiger partial charge >= 0.3 is 0 Å². The molecule has 0 aliphatic carbocycles. The van der Waals surface area contributed by atoms with Crippen molar-refractivity contribution in [3.8, 4) is 11.5 Å². The molecule has 6 heteroatoms. The van der Waals surface area contributed by atoms with Crippen LogP contribution in [-0.4, -0.2) is 18.2 Å². The van der Waals surface area contributed by atoms with Gasteiger partial charge in [-0.2, -0.15) is 4.57 Å². The van der Waals surface area contributed by atoms with Crippen LogP contribution in [0.15, 0.2) is 73.1 Å². The maximum absolute atomic E-state index is 13.5. The Morgan fingerprint density at radius 1 is 1.00 bits per heavy atom. The van der Waals surface area contributed by atoms with Crippen molar-refractivity contribution in [2.45, 2.75) is 13.3 Å². The van der Waals surface area contributed by atoms with Crippen LogP contribution >= 0.6 is 12.2 Å². The fraction of sp³-hybridized carbons (Fsp3) is 0.167. The van der Waals surface area contributed by atoms with Gasteiger partial charge in [-0.25, -0.2) is 0 Å². The summed E-state index contributed by atoms with van der Waals surface area (Å²) < 4.78 is 13.0. The summed E-state index contributed by atoms with van der Waals surface area (Å²) in [7, 11) is 0. The predicted molar refractivity (Wildman–Crippen MR) is 119 cm³/mol. The van der Waals surface area contributed by atoms with Crippen LogP contribution in [0.3, 0.4) is 0 Å². The number of para-hydroxylation sites is 1. The smallest absolute Gasteiger partial charge is 0.238 e. The lowest BCUT2D eigenvalue weighted by Gasteiger charge is -2.21. The van der Waals surface area contributed by atoms with Crippen molar-refractivity contribution in [1.29, 1.82) is 0 Å². The van der Waals surface area contributed by atoms with Gasteiger partial charge in [-0.05, 0) is 41.5 Å². The van der Waals surface area contributed by atoms with Crippen molar-refractivity contribution in [1.82, 2.24) is 0 Å². The third-order valence-electron chi connectivity index (χ3n) is 4.85. The van der Waals surface area contributed by atoms with E-state index in [0.717, 1.165) is 17.7 Å². The molecule has 2 heterocycles. The molecule has 0 bridgehead atoms. The molecule has 0 saturated heterocycles. The van der Waals surface area contributed by atoms with Gasteiger partial charge in [0.1, 0.15) is 13.2 Å². The first kappa shape index (κ1) is 19.9. The molecule has 2 aromatic carbocycles. The Balaban J connectivity index is 1.77. The van der Waals surface area contributed by atoms with Crippen molar-refractivity contribution in [2.75, 3.05) is 18.5 Å². The molecule has 0 saturated carbocycles. The zero-order valence-corrected chi connectivity index (χ0v) is 17.4. The third kappa shape index (κ3) is 4.14. The highest BCUT2D eigenvalue weighted by Gasteiger charge is 2.20. The van der Waals surface area contributed by atoms with Crippen molar-refractivity contribution < 1.29 is 19.1 Å². The topological polar surface area (TPSA) is 57.4 Å². The minimum atomic E-state index is -0.199. The number of hydrogen-bond donors (Lipinski definition) is 1. The Bertz CT molecular complexity index is 1100. The summed E-state index contributed by atoms with van der Waals surface area (Å²) in [4.78, 5) is 0.354. The number of benzene rings is 2. The quantitative estimate of drug-likeness (QED) is 0.298. The minimum absolute atomic E-state index is 0.199. The van der Waals surface area contributed by atoms with Gasteiger partial charge in [-0.3, -0.25) is 0 Å². The number of fused-ring (bicyclic) bond motifs is 1. The Morgan fingerprint density at radius 2 is 1.73 bits per heavy atom. The maximum atomic E-state index is 13.5. The van der Waals surface area contributed by atoms with Crippen molar-refractivity contribution >= 4 is 34.3 Å². The molecule has 0 spiro atoms. The number of rotatable bonds is 5. The van der Waals surface area contributed by atoms with E-state index in [-0.39, 0.29) is 5.76 Å². The fourth-order valence-electron chi connectivity index (χ4n) is 3.34. The number of aryl methyl sites for hydroxylation is 1. The van der Waals surface area contributed by atoms with Crippen LogP contribution in [-0.2, 0) is 6.42 Å². The highest BCUT2D eigenvalue weighted by atomic mass is 32.1. The molecule has 152 valence electrons. The molecule has 0 radical (unpaired) electrons. The highest BCUT2D eigenvalue weighted by Crippen LogP contribution is 2.32. The third-order valence-corrected chi connectivity index (χ3v) is 5.15. The number of anilines is 1. The monoisotopic (exact) mass is 418 g/mol. The van der Waals surface area contributed by atoms with E-state index in [4.69, 9.17) is 21.7 Å².